The lowest BCUT2D eigenvalue weighted by molar-refractivity contribution is -0.138. The molecule has 0 amide bonds. The van der Waals surface area contributed by atoms with Crippen molar-refractivity contribution in [3.05, 3.63) is 23.8 Å². The van der Waals surface area contributed by atoms with Gasteiger partial charge in [0.1, 0.15) is 0 Å². The maximum absolute atomic E-state index is 11.6. The highest BCUT2D eigenvalue weighted by Crippen LogP contribution is 2.17. The van der Waals surface area contributed by atoms with Crippen LogP contribution >= 0.6 is 0 Å². The fraction of sp³-hybridized carbons (Fsp3) is 0.750. The van der Waals surface area contributed by atoms with Gasteiger partial charge in [-0.15, -0.1) is 0 Å². The molecule has 0 heterocycles. The molecule has 0 N–H and O–H groups in total. The lowest BCUT2D eigenvalue weighted by Gasteiger charge is -2.11. The minimum Gasteiger partial charge on any atom is -0.462 e. The molecule has 0 aromatic rings. The van der Waals surface area contributed by atoms with Gasteiger partial charge in [0.25, 0.3) is 0 Å². The van der Waals surface area contributed by atoms with Gasteiger partial charge in [-0.3, -0.25) is 0 Å². The van der Waals surface area contributed by atoms with Crippen LogP contribution in [0.4, 0.5) is 0 Å². The molecule has 128 valence electrons. The molecule has 0 aliphatic carbocycles. The summed E-state index contributed by atoms with van der Waals surface area (Å²) in [5.74, 6) is 1.70. The third-order valence-electron chi connectivity index (χ3n) is 3.91. The zero-order chi connectivity index (χ0) is 17.0. The number of allylic oxidation sites excluding steroid dienone is 3. The Morgan fingerprint density at radius 2 is 1.73 bits per heavy atom. The van der Waals surface area contributed by atoms with Crippen molar-refractivity contribution in [3.8, 4) is 0 Å². The van der Waals surface area contributed by atoms with E-state index < -0.39 is 0 Å². The van der Waals surface area contributed by atoms with Crippen molar-refractivity contribution >= 4 is 5.97 Å². The first kappa shape index (κ1) is 20.9. The Hall–Kier alpha value is -1.05. The predicted molar refractivity (Wildman–Crippen MR) is 95.8 cm³/mol. The number of hydrogen-bond acceptors (Lipinski definition) is 2. The Kier molecular flexibility index (Phi) is 11.9. The molecule has 0 saturated heterocycles. The van der Waals surface area contributed by atoms with Crippen LogP contribution in [0, 0.1) is 17.8 Å². The third-order valence-corrected chi connectivity index (χ3v) is 3.91. The lowest BCUT2D eigenvalue weighted by atomic mass is 9.95. The second-order valence-electron chi connectivity index (χ2n) is 7.10. The molecule has 22 heavy (non-hydrogen) atoms. The first-order valence-electron chi connectivity index (χ1n) is 8.86. The van der Waals surface area contributed by atoms with Gasteiger partial charge in [-0.25, -0.2) is 4.79 Å². The van der Waals surface area contributed by atoms with Crippen LogP contribution in [0.2, 0.25) is 0 Å². The van der Waals surface area contributed by atoms with Crippen LogP contribution in [0.3, 0.4) is 0 Å². The van der Waals surface area contributed by atoms with E-state index in [9.17, 15) is 4.79 Å². The smallest absolute Gasteiger partial charge is 0.331 e. The molecule has 0 radical (unpaired) electrons. The van der Waals surface area contributed by atoms with Crippen molar-refractivity contribution in [2.24, 2.45) is 17.8 Å². The lowest BCUT2D eigenvalue weighted by Crippen LogP contribution is -2.07. The molecule has 2 nitrogen and oxygen atoms in total. The molecular formula is C20H36O2. The van der Waals surface area contributed by atoms with Gasteiger partial charge in [0.05, 0.1) is 6.61 Å². The van der Waals surface area contributed by atoms with E-state index >= 15 is 0 Å². The van der Waals surface area contributed by atoms with Crippen LogP contribution in [0.15, 0.2) is 23.8 Å². The van der Waals surface area contributed by atoms with Crippen molar-refractivity contribution in [3.63, 3.8) is 0 Å². The number of carbonyl (C=O) groups is 1. The average molecular weight is 309 g/mol. The van der Waals surface area contributed by atoms with Crippen LogP contribution in [-0.4, -0.2) is 12.6 Å². The summed E-state index contributed by atoms with van der Waals surface area (Å²) in [5, 5.41) is 0. The Labute approximate surface area is 138 Å². The van der Waals surface area contributed by atoms with Crippen LogP contribution in [0.1, 0.15) is 73.6 Å². The number of esters is 1. The topological polar surface area (TPSA) is 26.3 Å². The second kappa shape index (κ2) is 12.5. The summed E-state index contributed by atoms with van der Waals surface area (Å²) in [4.78, 5) is 11.6. The molecule has 0 spiro atoms. The highest BCUT2D eigenvalue weighted by atomic mass is 16.5. The quantitative estimate of drug-likeness (QED) is 0.268. The van der Waals surface area contributed by atoms with Gasteiger partial charge in [-0.05, 0) is 36.7 Å². The van der Waals surface area contributed by atoms with Crippen LogP contribution in [0.25, 0.3) is 0 Å². The Morgan fingerprint density at radius 3 is 2.32 bits per heavy atom. The summed E-state index contributed by atoms with van der Waals surface area (Å²) in [5.41, 5.74) is 0.959. The largest absolute Gasteiger partial charge is 0.462 e. The standard InChI is InChI=1S/C20H36O2/c1-7-17(4)10-8-11-18(5)12-9-13-19(6)14-20(21)22-15-16(2)3/h9,13-14,16-18H,7-8,10-12,15H2,1-6H3/b13-9+,19-14+. The van der Waals surface area contributed by atoms with E-state index in [1.54, 1.807) is 6.08 Å². The molecule has 0 rings (SSSR count). The first-order valence-corrected chi connectivity index (χ1v) is 8.86. The number of rotatable bonds is 11. The third kappa shape index (κ3) is 12.7. The van der Waals surface area contributed by atoms with Crippen molar-refractivity contribution in [1.29, 1.82) is 0 Å². The van der Waals surface area contributed by atoms with E-state index in [4.69, 9.17) is 4.74 Å². The molecule has 0 aromatic carbocycles. The van der Waals surface area contributed by atoms with E-state index in [0.717, 1.165) is 17.9 Å². The van der Waals surface area contributed by atoms with E-state index in [0.29, 0.717) is 18.4 Å². The van der Waals surface area contributed by atoms with Gasteiger partial charge in [0, 0.05) is 6.08 Å². The van der Waals surface area contributed by atoms with Gasteiger partial charge in [0.2, 0.25) is 0 Å². The molecule has 2 atom stereocenters. The molecule has 0 aliphatic heterocycles. The van der Waals surface area contributed by atoms with Gasteiger partial charge in [-0.1, -0.05) is 72.5 Å². The van der Waals surface area contributed by atoms with Crippen molar-refractivity contribution in [2.75, 3.05) is 6.61 Å². The van der Waals surface area contributed by atoms with Crippen LogP contribution in [0.5, 0.6) is 0 Å². The van der Waals surface area contributed by atoms with Crippen LogP contribution < -0.4 is 0 Å². The Morgan fingerprint density at radius 1 is 1.09 bits per heavy atom. The van der Waals surface area contributed by atoms with E-state index in [1.165, 1.54) is 25.7 Å². The minimum absolute atomic E-state index is 0.238. The van der Waals surface area contributed by atoms with Crippen molar-refractivity contribution in [2.45, 2.75) is 73.6 Å². The zero-order valence-electron chi connectivity index (χ0n) is 15.5. The van der Waals surface area contributed by atoms with E-state index in [1.807, 2.05) is 26.8 Å². The predicted octanol–water partition coefficient (Wildman–Crippen LogP) is 5.93. The van der Waals surface area contributed by atoms with Gasteiger partial charge in [-0.2, -0.15) is 0 Å². The molecule has 0 bridgehead atoms. The number of ether oxygens (including phenoxy) is 1. The summed E-state index contributed by atoms with van der Waals surface area (Å²) >= 11 is 0. The molecular weight excluding hydrogens is 272 g/mol. The fourth-order valence-corrected chi connectivity index (χ4v) is 2.15. The average Bonchev–Trinajstić information content (AvgIpc) is 2.44. The SMILES string of the molecule is CCC(C)CCCC(C)C/C=C/C(C)=C/C(=O)OCC(C)C. The fourth-order valence-electron chi connectivity index (χ4n) is 2.15. The summed E-state index contributed by atoms with van der Waals surface area (Å²) in [7, 11) is 0. The molecule has 0 aromatic heterocycles. The van der Waals surface area contributed by atoms with Gasteiger partial charge in [0.15, 0.2) is 0 Å². The monoisotopic (exact) mass is 308 g/mol. The second-order valence-corrected chi connectivity index (χ2v) is 7.10. The summed E-state index contributed by atoms with van der Waals surface area (Å²) in [6, 6.07) is 0. The Balaban J connectivity index is 3.96. The van der Waals surface area contributed by atoms with Gasteiger partial charge < -0.3 is 4.74 Å². The summed E-state index contributed by atoms with van der Waals surface area (Å²) in [6.07, 6.45) is 12.1. The minimum atomic E-state index is -0.238. The molecule has 0 fully saturated rings. The maximum Gasteiger partial charge on any atom is 0.331 e. The number of carbonyl (C=O) groups excluding carboxylic acids is 1. The van der Waals surface area contributed by atoms with Crippen molar-refractivity contribution in [1.82, 2.24) is 0 Å². The molecule has 2 unspecified atom stereocenters. The normalized spacial score (nSPS) is 15.3. The summed E-state index contributed by atoms with van der Waals surface area (Å²) < 4.78 is 5.14. The van der Waals surface area contributed by atoms with E-state index in [-0.39, 0.29) is 5.97 Å². The van der Waals surface area contributed by atoms with Crippen LogP contribution in [-0.2, 0) is 9.53 Å². The van der Waals surface area contributed by atoms with Gasteiger partial charge >= 0.3 is 5.97 Å². The highest BCUT2D eigenvalue weighted by Gasteiger charge is 2.03. The molecule has 0 saturated carbocycles. The molecule has 2 heteroatoms. The maximum atomic E-state index is 11.6. The number of hydrogen-bond donors (Lipinski definition) is 0. The first-order chi connectivity index (χ1) is 10.3. The van der Waals surface area contributed by atoms with E-state index in [2.05, 4.69) is 26.8 Å². The zero-order valence-corrected chi connectivity index (χ0v) is 15.5. The molecule has 0 aliphatic rings. The summed E-state index contributed by atoms with van der Waals surface area (Å²) in [6.45, 7) is 13.4. The Bertz CT molecular complexity index is 353. The highest BCUT2D eigenvalue weighted by molar-refractivity contribution is 5.83. The van der Waals surface area contributed by atoms with Crippen molar-refractivity contribution < 1.29 is 9.53 Å².